The molecule has 0 fully saturated rings. The van der Waals surface area contributed by atoms with Crippen molar-refractivity contribution in [2.24, 2.45) is 5.18 Å². The monoisotopic (exact) mass is 229 g/mol. The lowest BCUT2D eigenvalue weighted by molar-refractivity contribution is 0.979. The predicted molar refractivity (Wildman–Crippen MR) is 65.6 cm³/mol. The van der Waals surface area contributed by atoms with Crippen molar-refractivity contribution in [3.63, 3.8) is 0 Å². The quantitative estimate of drug-likeness (QED) is 0.777. The largest absolute Gasteiger partial charge is 0.382 e. The molecule has 0 unspecified atom stereocenters. The van der Waals surface area contributed by atoms with Gasteiger partial charge in [-0.1, -0.05) is 30.3 Å². The summed E-state index contributed by atoms with van der Waals surface area (Å²) in [6.45, 7) is 0. The van der Waals surface area contributed by atoms with Gasteiger partial charge in [-0.25, -0.2) is 9.97 Å². The fourth-order valence-corrected chi connectivity index (χ4v) is 1.49. The van der Waals surface area contributed by atoms with E-state index in [1.807, 2.05) is 30.3 Å². The van der Waals surface area contributed by atoms with Crippen LogP contribution in [-0.2, 0) is 6.42 Å². The van der Waals surface area contributed by atoms with Crippen LogP contribution in [0.4, 0.5) is 17.3 Å². The zero-order valence-corrected chi connectivity index (χ0v) is 9.00. The van der Waals surface area contributed by atoms with Crippen molar-refractivity contribution in [3.8, 4) is 0 Å². The summed E-state index contributed by atoms with van der Waals surface area (Å²) in [5.74, 6) is 0.496. The first-order chi connectivity index (χ1) is 8.20. The van der Waals surface area contributed by atoms with Crippen molar-refractivity contribution in [2.75, 3.05) is 11.5 Å². The van der Waals surface area contributed by atoms with E-state index >= 15 is 0 Å². The minimum Gasteiger partial charge on any atom is -0.382 e. The number of nitrogens with zero attached hydrogens (tertiary/aromatic N) is 3. The molecule has 0 radical (unpaired) electrons. The number of rotatable bonds is 3. The van der Waals surface area contributed by atoms with Crippen LogP contribution in [-0.4, -0.2) is 9.97 Å². The zero-order chi connectivity index (χ0) is 12.3. The van der Waals surface area contributed by atoms with E-state index in [1.165, 1.54) is 0 Å². The molecule has 0 aliphatic carbocycles. The Balaban J connectivity index is 2.32. The van der Waals surface area contributed by atoms with Crippen LogP contribution in [0.25, 0.3) is 0 Å². The lowest BCUT2D eigenvalue weighted by atomic mass is 10.1. The van der Waals surface area contributed by atoms with Gasteiger partial charge in [0.1, 0.15) is 5.82 Å². The number of nitrogens with two attached hydrogens (primary N) is 2. The minimum atomic E-state index is -0.0955. The van der Waals surface area contributed by atoms with Crippen molar-refractivity contribution in [1.29, 1.82) is 0 Å². The van der Waals surface area contributed by atoms with Crippen molar-refractivity contribution < 1.29 is 0 Å². The van der Waals surface area contributed by atoms with Crippen molar-refractivity contribution in [3.05, 3.63) is 46.6 Å². The summed E-state index contributed by atoms with van der Waals surface area (Å²) in [4.78, 5) is 18.4. The van der Waals surface area contributed by atoms with E-state index in [4.69, 9.17) is 11.5 Å². The van der Waals surface area contributed by atoms with Gasteiger partial charge in [0.2, 0.25) is 0 Å². The molecule has 6 heteroatoms. The average Bonchev–Trinajstić information content (AvgIpc) is 2.30. The molecule has 0 bridgehead atoms. The molecule has 0 amide bonds. The Morgan fingerprint density at radius 3 is 2.18 bits per heavy atom. The van der Waals surface area contributed by atoms with Crippen molar-refractivity contribution in [1.82, 2.24) is 9.97 Å². The molecule has 0 atom stereocenters. The minimum absolute atomic E-state index is 0.0124. The third kappa shape index (κ3) is 2.36. The van der Waals surface area contributed by atoms with E-state index in [0.717, 1.165) is 5.56 Å². The number of hydrogen-bond donors (Lipinski definition) is 2. The van der Waals surface area contributed by atoms with Crippen molar-refractivity contribution >= 4 is 17.3 Å². The topological polar surface area (TPSA) is 107 Å². The Hall–Kier alpha value is -2.50. The molecule has 1 heterocycles. The second kappa shape index (κ2) is 4.56. The van der Waals surface area contributed by atoms with Gasteiger partial charge in [0.05, 0.1) is 0 Å². The first-order valence-electron chi connectivity index (χ1n) is 5.00. The number of anilines is 2. The standard InChI is InChI=1S/C11H11N5O/c12-10-9(16-17)11(13)15-8(14-10)6-7-4-2-1-3-5-7/h1-5H,6H2,(H4,12,13,14,15). The predicted octanol–water partition coefficient (Wildman–Crippen LogP) is 1.63. The third-order valence-electron chi connectivity index (χ3n) is 2.28. The summed E-state index contributed by atoms with van der Waals surface area (Å²) < 4.78 is 0. The molecule has 4 N–H and O–H groups in total. The highest BCUT2D eigenvalue weighted by Crippen LogP contribution is 2.25. The van der Waals surface area contributed by atoms with E-state index in [0.29, 0.717) is 12.2 Å². The summed E-state index contributed by atoms with van der Waals surface area (Å²) in [7, 11) is 0. The Labute approximate surface area is 97.7 Å². The van der Waals surface area contributed by atoms with E-state index < -0.39 is 0 Å². The van der Waals surface area contributed by atoms with Crippen LogP contribution in [0.2, 0.25) is 0 Å². The van der Waals surface area contributed by atoms with Gasteiger partial charge in [0.15, 0.2) is 17.3 Å². The van der Waals surface area contributed by atoms with Crippen LogP contribution >= 0.6 is 0 Å². The zero-order valence-electron chi connectivity index (χ0n) is 9.00. The smallest absolute Gasteiger partial charge is 0.192 e. The van der Waals surface area contributed by atoms with Gasteiger partial charge >= 0.3 is 0 Å². The first kappa shape index (κ1) is 11.0. The molecular formula is C11H11N5O. The Morgan fingerprint density at radius 2 is 1.65 bits per heavy atom. The van der Waals surface area contributed by atoms with Gasteiger partial charge in [0.25, 0.3) is 0 Å². The second-order valence-electron chi connectivity index (χ2n) is 3.51. The molecule has 0 aliphatic rings. The maximum Gasteiger partial charge on any atom is 0.192 e. The highest BCUT2D eigenvalue weighted by atomic mass is 16.3. The average molecular weight is 229 g/mol. The molecule has 0 saturated carbocycles. The molecule has 2 rings (SSSR count). The Morgan fingerprint density at radius 1 is 1.06 bits per heavy atom. The summed E-state index contributed by atoms with van der Waals surface area (Å²) in [5.41, 5.74) is 12.1. The molecule has 0 spiro atoms. The van der Waals surface area contributed by atoms with Crippen LogP contribution in [0.1, 0.15) is 11.4 Å². The highest BCUT2D eigenvalue weighted by molar-refractivity contribution is 5.69. The summed E-state index contributed by atoms with van der Waals surface area (Å²) in [6.07, 6.45) is 0.508. The van der Waals surface area contributed by atoms with Crippen LogP contribution in [0, 0.1) is 4.91 Å². The molecule has 1 aromatic carbocycles. The van der Waals surface area contributed by atoms with Crippen LogP contribution < -0.4 is 11.5 Å². The molecule has 1 aromatic heterocycles. The van der Waals surface area contributed by atoms with Crippen LogP contribution in [0.15, 0.2) is 35.5 Å². The summed E-state index contributed by atoms with van der Waals surface area (Å²) >= 11 is 0. The number of nitroso groups, excluding NO2 is 1. The van der Waals surface area contributed by atoms with Gasteiger partial charge in [-0.3, -0.25) is 0 Å². The first-order valence-corrected chi connectivity index (χ1v) is 5.00. The van der Waals surface area contributed by atoms with Crippen molar-refractivity contribution in [2.45, 2.75) is 6.42 Å². The van der Waals surface area contributed by atoms with E-state index in [1.54, 1.807) is 0 Å². The molecule has 86 valence electrons. The third-order valence-corrected chi connectivity index (χ3v) is 2.28. The molecular weight excluding hydrogens is 218 g/mol. The summed E-state index contributed by atoms with van der Waals surface area (Å²) in [6, 6.07) is 9.66. The Kier molecular flexibility index (Phi) is 2.95. The van der Waals surface area contributed by atoms with Gasteiger partial charge in [-0.15, -0.1) is 4.91 Å². The number of benzene rings is 1. The van der Waals surface area contributed by atoms with Crippen LogP contribution in [0.5, 0.6) is 0 Å². The normalized spacial score (nSPS) is 10.1. The number of nitrogen functional groups attached to an aromatic ring is 2. The molecule has 0 saturated heterocycles. The molecule has 6 nitrogen and oxygen atoms in total. The summed E-state index contributed by atoms with van der Waals surface area (Å²) in [5, 5.41) is 2.69. The maximum absolute atomic E-state index is 10.4. The molecule has 17 heavy (non-hydrogen) atoms. The number of aromatic nitrogens is 2. The van der Waals surface area contributed by atoms with E-state index in [-0.39, 0.29) is 17.3 Å². The lowest BCUT2D eigenvalue weighted by Gasteiger charge is -2.04. The van der Waals surface area contributed by atoms with Gasteiger partial charge in [-0.05, 0) is 10.7 Å². The molecule has 2 aromatic rings. The molecule has 0 aliphatic heterocycles. The maximum atomic E-state index is 10.4. The second-order valence-corrected chi connectivity index (χ2v) is 3.51. The SMILES string of the molecule is Nc1nc(Cc2ccccc2)nc(N)c1N=O. The lowest BCUT2D eigenvalue weighted by Crippen LogP contribution is -2.04. The fraction of sp³-hybridized carbons (Fsp3) is 0.0909. The van der Waals surface area contributed by atoms with E-state index in [2.05, 4.69) is 15.1 Å². The van der Waals surface area contributed by atoms with E-state index in [9.17, 15) is 4.91 Å². The van der Waals surface area contributed by atoms with Gasteiger partial charge < -0.3 is 11.5 Å². The fourth-order valence-electron chi connectivity index (χ4n) is 1.49. The van der Waals surface area contributed by atoms with Gasteiger partial charge in [-0.2, -0.15) is 0 Å². The Bertz CT molecular complexity index is 518. The van der Waals surface area contributed by atoms with Crippen LogP contribution in [0.3, 0.4) is 0 Å². The van der Waals surface area contributed by atoms with Gasteiger partial charge in [0, 0.05) is 6.42 Å². The number of hydrogen-bond acceptors (Lipinski definition) is 6. The highest BCUT2D eigenvalue weighted by Gasteiger charge is 2.10.